The van der Waals surface area contributed by atoms with Gasteiger partial charge in [-0.25, -0.2) is 0 Å². The van der Waals surface area contributed by atoms with E-state index in [0.29, 0.717) is 12.0 Å². The van der Waals surface area contributed by atoms with Crippen LogP contribution in [-0.2, 0) is 0 Å². The number of piperidine rings is 1. The third-order valence-corrected chi connectivity index (χ3v) is 4.30. The Kier molecular flexibility index (Phi) is 7.97. The van der Waals surface area contributed by atoms with Crippen molar-refractivity contribution in [1.29, 1.82) is 0 Å². The Morgan fingerprint density at radius 1 is 1.25 bits per heavy atom. The second kappa shape index (κ2) is 9.22. The predicted octanol–water partition coefficient (Wildman–Crippen LogP) is 2.32. The Balaban J connectivity index is 2.46. The van der Waals surface area contributed by atoms with Crippen LogP contribution in [0.4, 0.5) is 0 Å². The molecule has 4 heteroatoms. The van der Waals surface area contributed by atoms with Crippen molar-refractivity contribution in [1.82, 2.24) is 15.5 Å². The Bertz CT molecular complexity index is 280. The zero-order valence-corrected chi connectivity index (χ0v) is 14.1. The Labute approximate surface area is 125 Å². The third kappa shape index (κ3) is 5.70. The topological polar surface area (TPSA) is 39.7 Å². The van der Waals surface area contributed by atoms with Crippen molar-refractivity contribution in [3.05, 3.63) is 0 Å². The van der Waals surface area contributed by atoms with E-state index >= 15 is 0 Å². The molecule has 1 saturated heterocycles. The van der Waals surface area contributed by atoms with Crippen molar-refractivity contribution in [2.45, 2.75) is 53.0 Å². The van der Waals surface area contributed by atoms with E-state index in [4.69, 9.17) is 0 Å². The molecule has 1 rings (SSSR count). The zero-order chi connectivity index (χ0) is 15.0. The highest BCUT2D eigenvalue weighted by molar-refractivity contribution is 5.79. The summed E-state index contributed by atoms with van der Waals surface area (Å²) in [6.45, 7) is 13.6. The summed E-state index contributed by atoms with van der Waals surface area (Å²) in [5.74, 6) is 2.49. The molecule has 0 aromatic carbocycles. The van der Waals surface area contributed by atoms with Crippen molar-refractivity contribution in [3.8, 4) is 0 Å². The lowest BCUT2D eigenvalue weighted by atomic mass is 9.94. The van der Waals surface area contributed by atoms with Gasteiger partial charge in [0.25, 0.3) is 0 Å². The van der Waals surface area contributed by atoms with Crippen LogP contribution in [0.1, 0.15) is 47.0 Å². The molecule has 1 unspecified atom stereocenters. The van der Waals surface area contributed by atoms with Gasteiger partial charge in [0.15, 0.2) is 5.96 Å². The molecule has 0 spiro atoms. The van der Waals surface area contributed by atoms with Gasteiger partial charge in [0.1, 0.15) is 0 Å². The van der Waals surface area contributed by atoms with Crippen molar-refractivity contribution in [2.24, 2.45) is 16.8 Å². The lowest BCUT2D eigenvalue weighted by Gasteiger charge is -2.39. The molecule has 0 radical (unpaired) electrons. The second-order valence-corrected chi connectivity index (χ2v) is 6.41. The van der Waals surface area contributed by atoms with E-state index in [1.54, 1.807) is 0 Å². The van der Waals surface area contributed by atoms with Gasteiger partial charge in [-0.1, -0.05) is 27.7 Å². The van der Waals surface area contributed by atoms with Crippen LogP contribution in [0.3, 0.4) is 0 Å². The summed E-state index contributed by atoms with van der Waals surface area (Å²) in [7, 11) is 1.85. The van der Waals surface area contributed by atoms with Gasteiger partial charge in [-0.3, -0.25) is 9.89 Å². The van der Waals surface area contributed by atoms with Crippen molar-refractivity contribution < 1.29 is 0 Å². The molecule has 0 aromatic heterocycles. The molecule has 1 atom stereocenters. The molecule has 0 amide bonds. The summed E-state index contributed by atoms with van der Waals surface area (Å²) in [6.07, 6.45) is 3.80. The van der Waals surface area contributed by atoms with Gasteiger partial charge in [0.2, 0.25) is 0 Å². The largest absolute Gasteiger partial charge is 0.356 e. The first-order valence-corrected chi connectivity index (χ1v) is 8.27. The minimum Gasteiger partial charge on any atom is -0.356 e. The van der Waals surface area contributed by atoms with Gasteiger partial charge >= 0.3 is 0 Å². The zero-order valence-electron chi connectivity index (χ0n) is 14.1. The fraction of sp³-hybridized carbons (Fsp3) is 0.938. The average molecular weight is 282 g/mol. The van der Waals surface area contributed by atoms with E-state index in [1.165, 1.54) is 25.9 Å². The highest BCUT2D eigenvalue weighted by Gasteiger charge is 2.25. The predicted molar refractivity (Wildman–Crippen MR) is 88.3 cm³/mol. The smallest absolute Gasteiger partial charge is 0.191 e. The van der Waals surface area contributed by atoms with E-state index in [-0.39, 0.29) is 0 Å². The molecule has 1 heterocycles. The maximum Gasteiger partial charge on any atom is 0.191 e. The highest BCUT2D eigenvalue weighted by Crippen LogP contribution is 2.20. The van der Waals surface area contributed by atoms with Crippen LogP contribution in [0.2, 0.25) is 0 Å². The first kappa shape index (κ1) is 17.3. The average Bonchev–Trinajstić information content (AvgIpc) is 2.44. The third-order valence-electron chi connectivity index (χ3n) is 4.30. The molecule has 0 aliphatic carbocycles. The molecule has 4 nitrogen and oxygen atoms in total. The molecule has 0 bridgehead atoms. The summed E-state index contributed by atoms with van der Waals surface area (Å²) >= 11 is 0. The normalized spacial score (nSPS) is 20.2. The van der Waals surface area contributed by atoms with Crippen LogP contribution in [0.5, 0.6) is 0 Å². The summed E-state index contributed by atoms with van der Waals surface area (Å²) in [5.41, 5.74) is 0. The molecule has 118 valence electrons. The summed E-state index contributed by atoms with van der Waals surface area (Å²) < 4.78 is 0. The fourth-order valence-electron chi connectivity index (χ4n) is 2.81. The number of guanidine groups is 1. The summed E-state index contributed by atoms with van der Waals surface area (Å²) in [6, 6.07) is 0.600. The molecule has 1 aliphatic heterocycles. The molecule has 2 N–H and O–H groups in total. The van der Waals surface area contributed by atoms with E-state index in [1.807, 2.05) is 7.05 Å². The highest BCUT2D eigenvalue weighted by atomic mass is 15.2. The molecule has 20 heavy (non-hydrogen) atoms. The van der Waals surface area contributed by atoms with Crippen LogP contribution < -0.4 is 10.6 Å². The Hall–Kier alpha value is -0.770. The minimum atomic E-state index is 0.600. The number of aliphatic imine (C=N–C) groups is 1. The molecule has 1 fully saturated rings. The van der Waals surface area contributed by atoms with Gasteiger partial charge < -0.3 is 10.6 Å². The molecular weight excluding hydrogens is 248 g/mol. The van der Waals surface area contributed by atoms with Crippen LogP contribution in [0, 0.1) is 11.8 Å². The number of nitrogens with zero attached hydrogens (tertiary/aromatic N) is 2. The first-order valence-electron chi connectivity index (χ1n) is 8.27. The molecular formula is C16H34N4. The van der Waals surface area contributed by atoms with Gasteiger partial charge in [-0.15, -0.1) is 0 Å². The lowest BCUT2D eigenvalue weighted by molar-refractivity contribution is 0.110. The van der Waals surface area contributed by atoms with Crippen LogP contribution in [0.15, 0.2) is 4.99 Å². The van der Waals surface area contributed by atoms with Crippen LogP contribution in [0.25, 0.3) is 0 Å². The van der Waals surface area contributed by atoms with Crippen molar-refractivity contribution in [2.75, 3.05) is 33.2 Å². The van der Waals surface area contributed by atoms with E-state index in [9.17, 15) is 0 Å². The van der Waals surface area contributed by atoms with Gasteiger partial charge in [0.05, 0.1) is 0 Å². The van der Waals surface area contributed by atoms with Gasteiger partial charge in [-0.05, 0) is 44.2 Å². The summed E-state index contributed by atoms with van der Waals surface area (Å²) in [4.78, 5) is 6.95. The first-order chi connectivity index (χ1) is 9.58. The van der Waals surface area contributed by atoms with Crippen molar-refractivity contribution in [3.63, 3.8) is 0 Å². The quantitative estimate of drug-likeness (QED) is 0.580. The Morgan fingerprint density at radius 2 is 1.90 bits per heavy atom. The van der Waals surface area contributed by atoms with E-state index in [0.717, 1.165) is 31.4 Å². The lowest BCUT2D eigenvalue weighted by Crippen LogP contribution is -2.51. The molecule has 0 aromatic rings. The maximum absolute atomic E-state index is 4.29. The van der Waals surface area contributed by atoms with Crippen molar-refractivity contribution >= 4 is 5.96 Å². The molecule has 0 saturated carbocycles. The summed E-state index contributed by atoms with van der Waals surface area (Å²) in [5, 5.41) is 6.84. The number of hydrogen-bond acceptors (Lipinski definition) is 2. The fourth-order valence-corrected chi connectivity index (χ4v) is 2.81. The van der Waals surface area contributed by atoms with E-state index in [2.05, 4.69) is 48.2 Å². The second-order valence-electron chi connectivity index (χ2n) is 6.41. The van der Waals surface area contributed by atoms with Crippen LogP contribution >= 0.6 is 0 Å². The number of nitrogens with one attached hydrogen (secondary N) is 2. The number of likely N-dealkylation sites (tertiary alicyclic amines) is 1. The van der Waals surface area contributed by atoms with E-state index < -0.39 is 0 Å². The number of rotatable bonds is 6. The SMILES string of the molecule is CCCNC(=NC)NCC(C(C)C)N1CCC(C)CC1. The van der Waals surface area contributed by atoms with Gasteiger partial charge in [0, 0.05) is 26.2 Å². The number of hydrogen-bond donors (Lipinski definition) is 2. The Morgan fingerprint density at radius 3 is 2.40 bits per heavy atom. The molecule has 1 aliphatic rings. The monoisotopic (exact) mass is 282 g/mol. The maximum atomic E-state index is 4.29. The standard InChI is InChI=1S/C16H34N4/c1-6-9-18-16(17-5)19-12-15(13(2)3)20-10-7-14(4)8-11-20/h13-15H,6-12H2,1-5H3,(H2,17,18,19). The van der Waals surface area contributed by atoms with Gasteiger partial charge in [-0.2, -0.15) is 0 Å². The van der Waals surface area contributed by atoms with Crippen LogP contribution in [-0.4, -0.2) is 50.1 Å². The minimum absolute atomic E-state index is 0.600.